The number of thioether (sulfide) groups is 1. The highest BCUT2D eigenvalue weighted by Crippen LogP contribution is 2.25. The molecule has 0 saturated heterocycles. The van der Waals surface area contributed by atoms with Crippen LogP contribution in [-0.4, -0.2) is 44.4 Å². The van der Waals surface area contributed by atoms with Crippen LogP contribution >= 0.6 is 11.8 Å². The Labute approximate surface area is 153 Å². The van der Waals surface area contributed by atoms with Gasteiger partial charge in [0.15, 0.2) is 5.16 Å². The van der Waals surface area contributed by atoms with Gasteiger partial charge in [-0.25, -0.2) is 0 Å². The number of hydrogen-bond donors (Lipinski definition) is 0. The van der Waals surface area contributed by atoms with Crippen LogP contribution in [0.5, 0.6) is 0 Å². The van der Waals surface area contributed by atoms with Crippen molar-refractivity contribution in [1.82, 2.24) is 19.7 Å². The highest BCUT2D eigenvalue weighted by Gasteiger charge is 2.17. The van der Waals surface area contributed by atoms with Crippen LogP contribution in [-0.2, 0) is 4.79 Å². The van der Waals surface area contributed by atoms with E-state index in [0.717, 1.165) is 22.2 Å². The molecule has 0 saturated carbocycles. The van der Waals surface area contributed by atoms with Crippen LogP contribution in [0.1, 0.15) is 17.0 Å². The predicted molar refractivity (Wildman–Crippen MR) is 103 cm³/mol. The van der Waals surface area contributed by atoms with Gasteiger partial charge in [-0.3, -0.25) is 9.36 Å². The zero-order chi connectivity index (χ0) is 18.4. The van der Waals surface area contributed by atoms with E-state index in [4.69, 9.17) is 0 Å². The van der Waals surface area contributed by atoms with Crippen LogP contribution in [0.4, 0.5) is 0 Å². The average Bonchev–Trinajstić information content (AvgIpc) is 2.95. The molecule has 2 aromatic rings. The second-order valence-electron chi connectivity index (χ2n) is 5.82. The van der Waals surface area contributed by atoms with Gasteiger partial charge in [0, 0.05) is 13.1 Å². The van der Waals surface area contributed by atoms with Gasteiger partial charge in [0.25, 0.3) is 0 Å². The van der Waals surface area contributed by atoms with E-state index in [-0.39, 0.29) is 5.91 Å². The van der Waals surface area contributed by atoms with E-state index in [1.165, 1.54) is 17.3 Å². The fraction of sp³-hybridized carbons (Fsp3) is 0.316. The third-order valence-electron chi connectivity index (χ3n) is 3.78. The maximum atomic E-state index is 12.4. The molecular weight excluding hydrogens is 332 g/mol. The second kappa shape index (κ2) is 8.67. The molecule has 0 bridgehead atoms. The molecule has 132 valence electrons. The molecule has 1 aromatic carbocycles. The SMILES string of the molecule is C=CCN(CC=C)C(=O)CSc1nnc(C)n1-c1cc(C)ccc1C. The van der Waals surface area contributed by atoms with E-state index in [1.807, 2.05) is 11.5 Å². The number of carbonyl (C=O) groups is 1. The standard InChI is InChI=1S/C19H24N4OS/c1-6-10-22(11-7-2)18(24)13-25-19-21-20-16(5)23(19)17-12-14(3)8-9-15(17)4/h6-9,12H,1-2,10-11,13H2,3-5H3. The summed E-state index contributed by atoms with van der Waals surface area (Å²) in [6.45, 7) is 14.4. The maximum Gasteiger partial charge on any atom is 0.233 e. The van der Waals surface area contributed by atoms with E-state index in [0.29, 0.717) is 18.8 Å². The van der Waals surface area contributed by atoms with Gasteiger partial charge in [0.2, 0.25) is 5.91 Å². The Morgan fingerprint density at radius 3 is 2.52 bits per heavy atom. The van der Waals surface area contributed by atoms with E-state index >= 15 is 0 Å². The molecule has 0 N–H and O–H groups in total. The van der Waals surface area contributed by atoms with Gasteiger partial charge in [-0.05, 0) is 38.0 Å². The average molecular weight is 356 g/mol. The van der Waals surface area contributed by atoms with Crippen molar-refractivity contribution < 1.29 is 4.79 Å². The molecule has 5 nitrogen and oxygen atoms in total. The van der Waals surface area contributed by atoms with Crippen molar-refractivity contribution in [3.05, 3.63) is 60.5 Å². The first-order chi connectivity index (χ1) is 12.0. The van der Waals surface area contributed by atoms with E-state index in [2.05, 4.69) is 55.4 Å². The summed E-state index contributed by atoms with van der Waals surface area (Å²) in [6.07, 6.45) is 3.43. The van der Waals surface area contributed by atoms with Crippen LogP contribution in [0.3, 0.4) is 0 Å². The lowest BCUT2D eigenvalue weighted by atomic mass is 10.1. The van der Waals surface area contributed by atoms with Crippen molar-refractivity contribution in [3.8, 4) is 5.69 Å². The van der Waals surface area contributed by atoms with Crippen LogP contribution < -0.4 is 0 Å². The van der Waals surface area contributed by atoms with Crippen molar-refractivity contribution in [2.45, 2.75) is 25.9 Å². The summed E-state index contributed by atoms with van der Waals surface area (Å²) >= 11 is 1.39. The van der Waals surface area contributed by atoms with Crippen LogP contribution in [0.25, 0.3) is 5.69 Å². The largest absolute Gasteiger partial charge is 0.335 e. The molecule has 6 heteroatoms. The monoisotopic (exact) mass is 356 g/mol. The summed E-state index contributed by atoms with van der Waals surface area (Å²) in [7, 11) is 0. The van der Waals surface area contributed by atoms with E-state index in [1.54, 1.807) is 17.1 Å². The summed E-state index contributed by atoms with van der Waals surface area (Å²) in [4.78, 5) is 14.1. The fourth-order valence-electron chi connectivity index (χ4n) is 2.48. The number of hydrogen-bond acceptors (Lipinski definition) is 4. The Bertz CT molecular complexity index is 772. The lowest BCUT2D eigenvalue weighted by Gasteiger charge is -2.19. The highest BCUT2D eigenvalue weighted by atomic mass is 32.2. The number of amides is 1. The number of carbonyl (C=O) groups excluding carboxylic acids is 1. The summed E-state index contributed by atoms with van der Waals surface area (Å²) in [6, 6.07) is 6.27. The molecule has 0 spiro atoms. The van der Waals surface area contributed by atoms with E-state index in [9.17, 15) is 4.79 Å². The van der Waals surface area contributed by atoms with E-state index < -0.39 is 0 Å². The van der Waals surface area contributed by atoms with Gasteiger partial charge in [-0.1, -0.05) is 36.0 Å². The first kappa shape index (κ1) is 19.0. The lowest BCUT2D eigenvalue weighted by Crippen LogP contribution is -2.32. The summed E-state index contributed by atoms with van der Waals surface area (Å²) < 4.78 is 2.01. The molecule has 0 radical (unpaired) electrons. The smallest absolute Gasteiger partial charge is 0.233 e. The van der Waals surface area contributed by atoms with Crippen LogP contribution in [0.2, 0.25) is 0 Å². The Morgan fingerprint density at radius 1 is 1.20 bits per heavy atom. The Kier molecular flexibility index (Phi) is 6.58. The summed E-state index contributed by atoms with van der Waals surface area (Å²) in [5, 5.41) is 9.16. The molecule has 1 aromatic heterocycles. The number of aryl methyl sites for hydroxylation is 3. The topological polar surface area (TPSA) is 51.0 Å². The molecule has 1 amide bonds. The minimum atomic E-state index is 0.0259. The van der Waals surface area contributed by atoms with Crippen molar-refractivity contribution in [2.75, 3.05) is 18.8 Å². The minimum absolute atomic E-state index is 0.0259. The lowest BCUT2D eigenvalue weighted by molar-refractivity contribution is -0.127. The quantitative estimate of drug-likeness (QED) is 0.537. The molecule has 0 aliphatic heterocycles. The van der Waals surface area contributed by atoms with Gasteiger partial charge in [0.05, 0.1) is 11.4 Å². The van der Waals surface area contributed by atoms with Crippen molar-refractivity contribution in [1.29, 1.82) is 0 Å². The van der Waals surface area contributed by atoms with Gasteiger partial charge >= 0.3 is 0 Å². The third-order valence-corrected chi connectivity index (χ3v) is 4.69. The number of benzene rings is 1. The Hall–Kier alpha value is -2.34. The fourth-order valence-corrected chi connectivity index (χ4v) is 3.37. The normalized spacial score (nSPS) is 10.5. The maximum absolute atomic E-state index is 12.4. The predicted octanol–water partition coefficient (Wildman–Crippen LogP) is 3.49. The zero-order valence-electron chi connectivity index (χ0n) is 15.0. The second-order valence-corrected chi connectivity index (χ2v) is 6.76. The molecule has 0 fully saturated rings. The third kappa shape index (κ3) is 4.60. The molecule has 1 heterocycles. The molecule has 25 heavy (non-hydrogen) atoms. The Balaban J connectivity index is 2.22. The minimum Gasteiger partial charge on any atom is -0.335 e. The number of nitrogens with zero attached hydrogens (tertiary/aromatic N) is 4. The van der Waals surface area contributed by atoms with Crippen molar-refractivity contribution in [3.63, 3.8) is 0 Å². The van der Waals surface area contributed by atoms with Crippen molar-refractivity contribution >= 4 is 17.7 Å². The first-order valence-electron chi connectivity index (χ1n) is 8.10. The first-order valence-corrected chi connectivity index (χ1v) is 9.08. The van der Waals surface area contributed by atoms with Gasteiger partial charge in [-0.2, -0.15) is 0 Å². The molecule has 0 unspecified atom stereocenters. The van der Waals surface area contributed by atoms with Crippen LogP contribution in [0.15, 0.2) is 48.7 Å². The molecular formula is C19H24N4OS. The van der Waals surface area contributed by atoms with Gasteiger partial charge in [-0.15, -0.1) is 23.4 Å². The molecule has 2 rings (SSSR count). The number of rotatable bonds is 8. The number of aromatic nitrogens is 3. The Morgan fingerprint density at radius 2 is 1.88 bits per heavy atom. The van der Waals surface area contributed by atoms with Crippen LogP contribution in [0, 0.1) is 20.8 Å². The highest BCUT2D eigenvalue weighted by molar-refractivity contribution is 7.99. The van der Waals surface area contributed by atoms with Gasteiger partial charge in [0.1, 0.15) is 5.82 Å². The molecule has 0 aliphatic rings. The zero-order valence-corrected chi connectivity index (χ0v) is 15.8. The molecule has 0 aliphatic carbocycles. The summed E-state index contributed by atoms with van der Waals surface area (Å²) in [5.74, 6) is 1.13. The van der Waals surface area contributed by atoms with Gasteiger partial charge < -0.3 is 4.90 Å². The summed E-state index contributed by atoms with van der Waals surface area (Å²) in [5.41, 5.74) is 3.36. The molecule has 0 atom stereocenters. The van der Waals surface area contributed by atoms with Crippen molar-refractivity contribution in [2.24, 2.45) is 0 Å².